The van der Waals surface area contributed by atoms with Gasteiger partial charge in [-0.3, -0.25) is 0 Å². The number of allylic oxidation sites excluding steroid dienone is 3. The average molecular weight is 384 g/mol. The van der Waals surface area contributed by atoms with Gasteiger partial charge in [0.2, 0.25) is 0 Å². The van der Waals surface area contributed by atoms with Gasteiger partial charge in [-0.1, -0.05) is 54.1 Å². The van der Waals surface area contributed by atoms with Gasteiger partial charge in [0.05, 0.1) is 12.7 Å². The number of rotatable bonds is 5. The summed E-state index contributed by atoms with van der Waals surface area (Å²) >= 11 is 6.23. The van der Waals surface area contributed by atoms with Crippen LogP contribution in [0.25, 0.3) is 0 Å². The fourth-order valence-electron chi connectivity index (χ4n) is 3.25. The van der Waals surface area contributed by atoms with Crippen LogP contribution in [0, 0.1) is 0 Å². The van der Waals surface area contributed by atoms with Gasteiger partial charge in [-0.15, -0.1) is 0 Å². The van der Waals surface area contributed by atoms with Gasteiger partial charge >= 0.3 is 5.97 Å². The van der Waals surface area contributed by atoms with Crippen LogP contribution < -0.4 is 10.1 Å². The normalized spacial score (nSPS) is 16.4. The lowest BCUT2D eigenvalue weighted by atomic mass is 9.86. The Bertz CT molecular complexity index is 917. The zero-order valence-electron chi connectivity index (χ0n) is 15.6. The van der Waals surface area contributed by atoms with E-state index in [1.54, 1.807) is 0 Å². The number of dihydropyridines is 1. The van der Waals surface area contributed by atoms with E-state index in [9.17, 15) is 4.79 Å². The van der Waals surface area contributed by atoms with Crippen molar-refractivity contribution in [2.45, 2.75) is 26.4 Å². The maximum absolute atomic E-state index is 12.4. The van der Waals surface area contributed by atoms with Gasteiger partial charge in [0.25, 0.3) is 0 Å². The van der Waals surface area contributed by atoms with Gasteiger partial charge in [-0.2, -0.15) is 0 Å². The third-order valence-corrected chi connectivity index (χ3v) is 4.89. The highest BCUT2D eigenvalue weighted by atomic mass is 35.5. The van der Waals surface area contributed by atoms with Crippen molar-refractivity contribution in [3.05, 3.63) is 87.7 Å². The second-order valence-electron chi connectivity index (χ2n) is 6.40. The number of benzene rings is 2. The molecule has 0 aliphatic carbocycles. The molecule has 0 saturated heterocycles. The first-order valence-electron chi connectivity index (χ1n) is 8.71. The maximum Gasteiger partial charge on any atom is 0.336 e. The minimum absolute atomic E-state index is 0.249. The summed E-state index contributed by atoms with van der Waals surface area (Å²) in [5.41, 5.74) is 4.16. The van der Waals surface area contributed by atoms with Crippen LogP contribution in [-0.4, -0.2) is 13.1 Å². The number of nitrogens with one attached hydrogen (secondary N) is 1. The standard InChI is InChI=1S/C22H22ClNO3/c1-14-12-18(21(15(2)24-14)22(25)26-3)17-9-5-7-11-20(17)27-13-16-8-4-6-10-19(16)23/h4-12,18,24H,13H2,1-3H3. The van der Waals surface area contributed by atoms with E-state index in [4.69, 9.17) is 21.1 Å². The number of hydrogen-bond acceptors (Lipinski definition) is 4. The first kappa shape index (κ1) is 19.1. The molecular weight excluding hydrogens is 362 g/mol. The molecule has 0 bridgehead atoms. The fourth-order valence-corrected chi connectivity index (χ4v) is 3.44. The molecule has 0 radical (unpaired) electrons. The van der Waals surface area contributed by atoms with Crippen LogP contribution in [0.15, 0.2) is 71.6 Å². The highest BCUT2D eigenvalue weighted by Crippen LogP contribution is 2.37. The monoisotopic (exact) mass is 383 g/mol. The van der Waals surface area contributed by atoms with E-state index in [2.05, 4.69) is 5.32 Å². The number of methoxy groups -OCH3 is 1. The summed E-state index contributed by atoms with van der Waals surface area (Å²) in [4.78, 5) is 12.4. The summed E-state index contributed by atoms with van der Waals surface area (Å²) in [6, 6.07) is 15.3. The summed E-state index contributed by atoms with van der Waals surface area (Å²) in [5, 5.41) is 3.88. The fraction of sp³-hybridized carbons (Fsp3) is 0.227. The molecule has 1 atom stereocenters. The molecule has 0 spiro atoms. The second-order valence-corrected chi connectivity index (χ2v) is 6.81. The molecule has 2 aromatic rings. The van der Waals surface area contributed by atoms with E-state index >= 15 is 0 Å². The predicted molar refractivity (Wildman–Crippen MR) is 107 cm³/mol. The molecule has 140 valence electrons. The Balaban J connectivity index is 1.95. The van der Waals surface area contributed by atoms with Crippen LogP contribution in [0.3, 0.4) is 0 Å². The SMILES string of the molecule is COC(=O)C1=C(C)NC(C)=CC1c1ccccc1OCc1ccccc1Cl. The minimum Gasteiger partial charge on any atom is -0.489 e. The molecule has 4 nitrogen and oxygen atoms in total. The van der Waals surface area contributed by atoms with E-state index < -0.39 is 0 Å². The third-order valence-electron chi connectivity index (χ3n) is 4.52. The molecule has 0 aromatic heterocycles. The molecular formula is C22H22ClNO3. The van der Waals surface area contributed by atoms with Crippen molar-refractivity contribution < 1.29 is 14.3 Å². The van der Waals surface area contributed by atoms with E-state index in [-0.39, 0.29) is 11.9 Å². The maximum atomic E-state index is 12.4. The average Bonchev–Trinajstić information content (AvgIpc) is 2.66. The Labute approximate surface area is 164 Å². The molecule has 1 aliphatic rings. The zero-order valence-corrected chi connectivity index (χ0v) is 16.3. The number of halogens is 1. The van der Waals surface area contributed by atoms with Gasteiger partial charge in [0.15, 0.2) is 0 Å². The van der Waals surface area contributed by atoms with Crippen LogP contribution in [0.1, 0.15) is 30.9 Å². The molecule has 0 fully saturated rings. The van der Waals surface area contributed by atoms with E-state index in [0.29, 0.717) is 23.0 Å². The minimum atomic E-state index is -0.352. The summed E-state index contributed by atoms with van der Waals surface area (Å²) in [6.07, 6.45) is 2.01. The van der Waals surface area contributed by atoms with Crippen LogP contribution in [0.2, 0.25) is 5.02 Å². The van der Waals surface area contributed by atoms with E-state index in [1.165, 1.54) is 7.11 Å². The van der Waals surface area contributed by atoms with Crippen molar-refractivity contribution in [3.8, 4) is 5.75 Å². The Morgan fingerprint density at radius 1 is 1.11 bits per heavy atom. The summed E-state index contributed by atoms with van der Waals surface area (Å²) in [7, 11) is 1.39. The zero-order chi connectivity index (χ0) is 19.4. The Morgan fingerprint density at radius 2 is 1.81 bits per heavy atom. The van der Waals surface area contributed by atoms with Gasteiger partial charge in [-0.05, 0) is 26.0 Å². The molecule has 3 rings (SSSR count). The second kappa shape index (κ2) is 8.31. The molecule has 1 N–H and O–H groups in total. The van der Waals surface area contributed by atoms with E-state index in [0.717, 1.165) is 22.5 Å². The summed E-state index contributed by atoms with van der Waals surface area (Å²) in [6.45, 7) is 4.20. The Kier molecular flexibility index (Phi) is 5.87. The highest BCUT2D eigenvalue weighted by Gasteiger charge is 2.29. The molecule has 27 heavy (non-hydrogen) atoms. The molecule has 1 unspecified atom stereocenters. The van der Waals surface area contributed by atoms with Gasteiger partial charge < -0.3 is 14.8 Å². The number of carbonyl (C=O) groups is 1. The molecule has 0 amide bonds. The lowest BCUT2D eigenvalue weighted by molar-refractivity contribution is -0.136. The largest absolute Gasteiger partial charge is 0.489 e. The first-order chi connectivity index (χ1) is 13.0. The van der Waals surface area contributed by atoms with Crippen molar-refractivity contribution in [2.24, 2.45) is 0 Å². The van der Waals surface area contributed by atoms with Crippen LogP contribution in [-0.2, 0) is 16.1 Å². The Morgan fingerprint density at radius 3 is 2.56 bits per heavy atom. The molecule has 1 aliphatic heterocycles. The van der Waals surface area contributed by atoms with Crippen LogP contribution >= 0.6 is 11.6 Å². The highest BCUT2D eigenvalue weighted by molar-refractivity contribution is 6.31. The smallest absolute Gasteiger partial charge is 0.336 e. The lowest BCUT2D eigenvalue weighted by Crippen LogP contribution is -2.25. The van der Waals surface area contributed by atoms with Gasteiger partial charge in [0.1, 0.15) is 12.4 Å². The quantitative estimate of drug-likeness (QED) is 0.741. The van der Waals surface area contributed by atoms with Crippen LogP contribution in [0.5, 0.6) is 5.75 Å². The lowest BCUT2D eigenvalue weighted by Gasteiger charge is -2.26. The molecule has 5 heteroatoms. The van der Waals surface area contributed by atoms with Crippen molar-refractivity contribution >= 4 is 17.6 Å². The molecule has 2 aromatic carbocycles. The number of esters is 1. The van der Waals surface area contributed by atoms with Crippen molar-refractivity contribution in [1.82, 2.24) is 5.32 Å². The van der Waals surface area contributed by atoms with Gasteiger partial charge in [-0.25, -0.2) is 4.79 Å². The van der Waals surface area contributed by atoms with Gasteiger partial charge in [0, 0.05) is 33.5 Å². The third kappa shape index (κ3) is 4.17. The van der Waals surface area contributed by atoms with Crippen molar-refractivity contribution in [1.29, 1.82) is 0 Å². The first-order valence-corrected chi connectivity index (χ1v) is 9.08. The number of ether oxygens (including phenoxy) is 2. The van der Waals surface area contributed by atoms with E-state index in [1.807, 2.05) is 68.5 Å². The molecule has 0 saturated carbocycles. The van der Waals surface area contributed by atoms with Crippen LogP contribution in [0.4, 0.5) is 0 Å². The summed E-state index contributed by atoms with van der Waals surface area (Å²) in [5.74, 6) is 0.110. The number of para-hydroxylation sites is 1. The number of hydrogen-bond donors (Lipinski definition) is 1. The number of carbonyl (C=O) groups excluding carboxylic acids is 1. The topological polar surface area (TPSA) is 47.6 Å². The Hall–Kier alpha value is -2.72. The van der Waals surface area contributed by atoms with Crippen molar-refractivity contribution in [3.63, 3.8) is 0 Å². The molecule has 1 heterocycles. The summed E-state index contributed by atoms with van der Waals surface area (Å²) < 4.78 is 11.1. The van der Waals surface area contributed by atoms with Crippen molar-refractivity contribution in [2.75, 3.05) is 7.11 Å². The predicted octanol–water partition coefficient (Wildman–Crippen LogP) is 4.96.